The molecule has 1 heteroatoms. The molecule has 1 aliphatic rings. The van der Waals surface area contributed by atoms with Crippen molar-refractivity contribution in [3.05, 3.63) is 69.3 Å². The molecule has 0 atom stereocenters. The van der Waals surface area contributed by atoms with E-state index < -0.39 is 0 Å². The van der Waals surface area contributed by atoms with E-state index >= 15 is 0 Å². The standard InChI is InChI=1S/C20H22O.C5H12.C4H10/c1-4-5-6-15-7-8-18-16(11-15)12-17-10-13(2)9-14(3)19(17)20(18)21;1-3-5-4-2;1-3-4-2/h7-11H,4-6,12H2,1-3H3;3-5H2,1-2H3;3-4H2,1-2H3. The Morgan fingerprint density at radius 1 is 0.733 bits per heavy atom. The van der Waals surface area contributed by atoms with Gasteiger partial charge in [0.05, 0.1) is 0 Å². The van der Waals surface area contributed by atoms with Gasteiger partial charge in [-0.2, -0.15) is 0 Å². The number of carbonyl (C=O) groups is 1. The van der Waals surface area contributed by atoms with Gasteiger partial charge in [-0.15, -0.1) is 0 Å². The molecular weight excluding hydrogens is 364 g/mol. The lowest BCUT2D eigenvalue weighted by Gasteiger charge is -2.21. The van der Waals surface area contributed by atoms with Crippen LogP contribution in [0.3, 0.4) is 0 Å². The van der Waals surface area contributed by atoms with Crippen molar-refractivity contribution in [3.8, 4) is 0 Å². The SMILES string of the molecule is CCCC.CCCCC.CCCCc1ccc2c(c1)Cc1cc(C)cc(C)c1C2=O. The maximum atomic E-state index is 12.8. The first-order valence-electron chi connectivity index (χ1n) is 12.2. The molecule has 0 radical (unpaired) electrons. The van der Waals surface area contributed by atoms with Crippen LogP contribution in [0.2, 0.25) is 0 Å². The molecule has 0 unspecified atom stereocenters. The Morgan fingerprint density at radius 2 is 1.37 bits per heavy atom. The molecule has 1 nitrogen and oxygen atoms in total. The van der Waals surface area contributed by atoms with E-state index in [0.29, 0.717) is 0 Å². The maximum Gasteiger partial charge on any atom is 0.193 e. The number of rotatable bonds is 6. The van der Waals surface area contributed by atoms with Crippen molar-refractivity contribution in [2.45, 2.75) is 106 Å². The number of unbranched alkanes of at least 4 members (excludes halogenated alkanes) is 4. The molecule has 0 amide bonds. The number of hydrogen-bond acceptors (Lipinski definition) is 1. The van der Waals surface area contributed by atoms with Crippen molar-refractivity contribution >= 4 is 5.78 Å². The van der Waals surface area contributed by atoms with E-state index in [4.69, 9.17) is 0 Å². The van der Waals surface area contributed by atoms with Crippen LogP contribution in [-0.4, -0.2) is 5.78 Å². The molecule has 0 aliphatic heterocycles. The molecule has 2 aromatic carbocycles. The highest BCUT2D eigenvalue weighted by Gasteiger charge is 2.25. The summed E-state index contributed by atoms with van der Waals surface area (Å²) in [7, 11) is 0. The van der Waals surface area contributed by atoms with E-state index in [-0.39, 0.29) is 5.78 Å². The first kappa shape index (κ1) is 26.1. The summed E-state index contributed by atoms with van der Waals surface area (Å²) in [5, 5.41) is 0. The number of benzene rings is 2. The summed E-state index contributed by atoms with van der Waals surface area (Å²) in [6, 6.07) is 10.7. The second-order valence-corrected chi connectivity index (χ2v) is 8.57. The van der Waals surface area contributed by atoms with E-state index in [0.717, 1.165) is 29.5 Å². The van der Waals surface area contributed by atoms with E-state index in [2.05, 4.69) is 65.8 Å². The summed E-state index contributed by atoms with van der Waals surface area (Å²) in [5.74, 6) is 0.200. The highest BCUT2D eigenvalue weighted by molar-refractivity contribution is 6.13. The van der Waals surface area contributed by atoms with Crippen LogP contribution in [0.15, 0.2) is 30.3 Å². The zero-order valence-corrected chi connectivity index (χ0v) is 20.7. The lowest BCUT2D eigenvalue weighted by molar-refractivity contribution is 0.103. The Bertz CT molecular complexity index is 781. The number of ketones is 1. The predicted octanol–water partition coefficient (Wildman–Crippen LogP) is 8.78. The van der Waals surface area contributed by atoms with Gasteiger partial charge in [0.2, 0.25) is 0 Å². The Labute approximate surface area is 186 Å². The molecule has 0 N–H and O–H groups in total. The third-order valence-electron chi connectivity index (χ3n) is 5.61. The Kier molecular flexibility index (Phi) is 12.4. The van der Waals surface area contributed by atoms with Gasteiger partial charge in [-0.3, -0.25) is 4.79 Å². The van der Waals surface area contributed by atoms with Crippen LogP contribution in [0, 0.1) is 13.8 Å². The monoisotopic (exact) mass is 408 g/mol. The molecular formula is C29H44O. The Hall–Kier alpha value is -1.89. The maximum absolute atomic E-state index is 12.8. The van der Waals surface area contributed by atoms with Crippen molar-refractivity contribution in [1.82, 2.24) is 0 Å². The second-order valence-electron chi connectivity index (χ2n) is 8.57. The van der Waals surface area contributed by atoms with Gasteiger partial charge in [-0.25, -0.2) is 0 Å². The van der Waals surface area contributed by atoms with Crippen molar-refractivity contribution in [2.75, 3.05) is 0 Å². The predicted molar refractivity (Wildman–Crippen MR) is 133 cm³/mol. The van der Waals surface area contributed by atoms with Crippen LogP contribution < -0.4 is 0 Å². The fourth-order valence-corrected chi connectivity index (χ4v) is 3.76. The van der Waals surface area contributed by atoms with Crippen molar-refractivity contribution in [1.29, 1.82) is 0 Å². The Morgan fingerprint density at radius 3 is 1.90 bits per heavy atom. The largest absolute Gasteiger partial charge is 0.289 e. The van der Waals surface area contributed by atoms with Crippen LogP contribution in [0.4, 0.5) is 0 Å². The normalized spacial score (nSPS) is 11.5. The van der Waals surface area contributed by atoms with Crippen molar-refractivity contribution in [2.24, 2.45) is 0 Å². The van der Waals surface area contributed by atoms with Gasteiger partial charge in [0.1, 0.15) is 0 Å². The van der Waals surface area contributed by atoms with Gasteiger partial charge in [0, 0.05) is 11.1 Å². The average Bonchev–Trinajstić information content (AvgIpc) is 2.72. The molecule has 0 spiro atoms. The quantitative estimate of drug-likeness (QED) is 0.398. The number of hydrogen-bond donors (Lipinski definition) is 0. The second kappa shape index (κ2) is 14.2. The van der Waals surface area contributed by atoms with Crippen LogP contribution in [0.25, 0.3) is 0 Å². The zero-order valence-electron chi connectivity index (χ0n) is 20.7. The van der Waals surface area contributed by atoms with Crippen LogP contribution >= 0.6 is 0 Å². The summed E-state index contributed by atoms with van der Waals surface area (Å²) in [6.07, 6.45) is 11.1. The van der Waals surface area contributed by atoms with E-state index in [9.17, 15) is 4.79 Å². The molecule has 0 bridgehead atoms. The minimum Gasteiger partial charge on any atom is -0.289 e. The molecule has 0 saturated heterocycles. The summed E-state index contributed by atoms with van der Waals surface area (Å²) in [4.78, 5) is 12.8. The van der Waals surface area contributed by atoms with Gasteiger partial charge in [0.25, 0.3) is 0 Å². The van der Waals surface area contributed by atoms with Crippen LogP contribution in [0.5, 0.6) is 0 Å². The fourth-order valence-electron chi connectivity index (χ4n) is 3.76. The van der Waals surface area contributed by atoms with Crippen LogP contribution in [0.1, 0.15) is 123 Å². The third kappa shape index (κ3) is 7.74. The summed E-state index contributed by atoms with van der Waals surface area (Å²) in [6.45, 7) is 15.1. The molecule has 0 aromatic heterocycles. The number of aryl methyl sites for hydroxylation is 3. The first-order valence-corrected chi connectivity index (χ1v) is 12.2. The van der Waals surface area contributed by atoms with Crippen molar-refractivity contribution < 1.29 is 4.79 Å². The van der Waals surface area contributed by atoms with E-state index in [1.54, 1.807) is 0 Å². The highest BCUT2D eigenvalue weighted by Crippen LogP contribution is 2.31. The number of carbonyl (C=O) groups excluding carboxylic acids is 1. The van der Waals surface area contributed by atoms with Crippen molar-refractivity contribution in [3.63, 3.8) is 0 Å². The van der Waals surface area contributed by atoms with Gasteiger partial charge < -0.3 is 0 Å². The summed E-state index contributed by atoms with van der Waals surface area (Å²) in [5.41, 5.74) is 7.92. The molecule has 0 fully saturated rings. The Balaban J connectivity index is 0.000000425. The highest BCUT2D eigenvalue weighted by atomic mass is 16.1. The van der Waals surface area contributed by atoms with Gasteiger partial charge in [0.15, 0.2) is 5.78 Å². The smallest absolute Gasteiger partial charge is 0.193 e. The molecule has 0 heterocycles. The van der Waals surface area contributed by atoms with Gasteiger partial charge in [-0.1, -0.05) is 109 Å². The lowest BCUT2D eigenvalue weighted by atomic mass is 9.81. The molecule has 1 aliphatic carbocycles. The lowest BCUT2D eigenvalue weighted by Crippen LogP contribution is -2.17. The molecule has 2 aromatic rings. The molecule has 30 heavy (non-hydrogen) atoms. The van der Waals surface area contributed by atoms with Crippen LogP contribution in [-0.2, 0) is 12.8 Å². The van der Waals surface area contributed by atoms with Gasteiger partial charge >= 0.3 is 0 Å². The van der Waals surface area contributed by atoms with Gasteiger partial charge in [-0.05, 0) is 55.4 Å². The first-order chi connectivity index (χ1) is 14.4. The number of fused-ring (bicyclic) bond motifs is 2. The minimum absolute atomic E-state index is 0.200. The molecule has 3 rings (SSSR count). The average molecular weight is 409 g/mol. The third-order valence-corrected chi connectivity index (χ3v) is 5.61. The van der Waals surface area contributed by atoms with E-state index in [1.807, 2.05) is 13.0 Å². The minimum atomic E-state index is 0.200. The molecule has 166 valence electrons. The zero-order chi connectivity index (χ0) is 22.5. The summed E-state index contributed by atoms with van der Waals surface area (Å²) < 4.78 is 0. The fraction of sp³-hybridized carbons (Fsp3) is 0.552. The topological polar surface area (TPSA) is 17.1 Å². The molecule has 0 saturated carbocycles. The van der Waals surface area contributed by atoms with E-state index in [1.165, 1.54) is 67.2 Å². The summed E-state index contributed by atoms with van der Waals surface area (Å²) >= 11 is 0.